The van der Waals surface area contributed by atoms with E-state index in [1.807, 2.05) is 0 Å². The summed E-state index contributed by atoms with van der Waals surface area (Å²) in [7, 11) is 0. The Morgan fingerprint density at radius 1 is 1.00 bits per heavy atom. The van der Waals surface area contributed by atoms with Crippen LogP contribution in [0.4, 0.5) is 0 Å². The van der Waals surface area contributed by atoms with Gasteiger partial charge in [-0.25, -0.2) is 0 Å². The van der Waals surface area contributed by atoms with Crippen LogP contribution in [0, 0.1) is 29.6 Å². The quantitative estimate of drug-likeness (QED) is 0.553. The van der Waals surface area contributed by atoms with Crippen LogP contribution in [-0.2, 0) is 0 Å². The molecule has 0 spiro atoms. The van der Waals surface area contributed by atoms with Crippen molar-refractivity contribution in [2.45, 2.75) is 31.2 Å². The molecule has 5 aliphatic rings. The Hall–Kier alpha value is -0.0400. The van der Waals surface area contributed by atoms with Crippen molar-refractivity contribution >= 4 is 0 Å². The van der Waals surface area contributed by atoms with E-state index < -0.39 is 0 Å². The van der Waals surface area contributed by atoms with Gasteiger partial charge in [0.25, 0.3) is 0 Å². The molecule has 2 unspecified atom stereocenters. The van der Waals surface area contributed by atoms with E-state index in [9.17, 15) is 0 Å². The van der Waals surface area contributed by atoms with Crippen molar-refractivity contribution in [2.24, 2.45) is 35.3 Å². The highest BCUT2D eigenvalue weighted by atomic mass is 14.9. The summed E-state index contributed by atoms with van der Waals surface area (Å²) >= 11 is 0. The molecular weight excluding hydrogens is 134 g/mol. The summed E-state index contributed by atoms with van der Waals surface area (Å²) in [5.41, 5.74) is 6.66. The fourth-order valence-electron chi connectivity index (χ4n) is 4.93. The van der Waals surface area contributed by atoms with Crippen molar-refractivity contribution in [1.29, 1.82) is 0 Å². The first-order valence-corrected chi connectivity index (χ1v) is 5.06. The second-order valence-electron chi connectivity index (χ2n) is 5.55. The minimum atomic E-state index is 0.321. The Morgan fingerprint density at radius 3 is 2.18 bits per heavy atom. The van der Waals surface area contributed by atoms with Gasteiger partial charge >= 0.3 is 0 Å². The Kier molecular flexibility index (Phi) is 0.651. The first-order valence-electron chi connectivity index (χ1n) is 5.06. The molecule has 4 bridgehead atoms. The van der Waals surface area contributed by atoms with Crippen LogP contribution >= 0.6 is 0 Å². The lowest BCUT2D eigenvalue weighted by Gasteiger charge is -2.45. The number of hydrogen-bond acceptors (Lipinski definition) is 1. The maximum atomic E-state index is 6.33. The van der Waals surface area contributed by atoms with Gasteiger partial charge in [0.1, 0.15) is 0 Å². The third-order valence-corrected chi connectivity index (χ3v) is 4.97. The van der Waals surface area contributed by atoms with Gasteiger partial charge in [0.2, 0.25) is 0 Å². The van der Waals surface area contributed by atoms with Crippen molar-refractivity contribution in [1.82, 2.24) is 0 Å². The molecule has 5 aliphatic carbocycles. The monoisotopic (exact) mass is 149 g/mol. The molecule has 60 valence electrons. The summed E-state index contributed by atoms with van der Waals surface area (Å²) in [6.07, 6.45) is 5.68. The molecule has 5 saturated carbocycles. The highest BCUT2D eigenvalue weighted by molar-refractivity contribution is 5.22. The van der Waals surface area contributed by atoms with Crippen molar-refractivity contribution in [2.75, 3.05) is 0 Å². The highest BCUT2D eigenvalue weighted by Gasteiger charge is 2.71. The summed E-state index contributed by atoms with van der Waals surface area (Å²) in [4.78, 5) is 0. The SMILES string of the molecule is NC12CC3[C@@H]4[C@@H](C[C@H](C1)[C@H]34)C2. The predicted octanol–water partition coefficient (Wildman–Crippen LogP) is 1.38. The number of nitrogens with two attached hydrogens (primary N) is 1. The molecular formula is C10H15N. The minimum absolute atomic E-state index is 0.321. The second kappa shape index (κ2) is 1.28. The summed E-state index contributed by atoms with van der Waals surface area (Å²) in [6.45, 7) is 0. The highest BCUT2D eigenvalue weighted by Crippen LogP contribution is 2.75. The summed E-state index contributed by atoms with van der Waals surface area (Å²) in [6, 6.07) is 0. The fraction of sp³-hybridized carbons (Fsp3) is 1.00. The molecule has 5 rings (SSSR count). The first-order chi connectivity index (χ1) is 5.27. The van der Waals surface area contributed by atoms with Crippen LogP contribution < -0.4 is 5.73 Å². The zero-order valence-corrected chi connectivity index (χ0v) is 6.79. The van der Waals surface area contributed by atoms with Crippen molar-refractivity contribution in [3.8, 4) is 0 Å². The normalized spacial score (nSPS) is 75.5. The third kappa shape index (κ3) is 0.462. The Morgan fingerprint density at radius 2 is 1.64 bits per heavy atom. The molecule has 2 N–H and O–H groups in total. The zero-order valence-electron chi connectivity index (χ0n) is 6.79. The second-order valence-corrected chi connectivity index (χ2v) is 5.55. The van der Waals surface area contributed by atoms with Crippen LogP contribution in [0.1, 0.15) is 25.7 Å². The third-order valence-electron chi connectivity index (χ3n) is 4.97. The molecule has 1 nitrogen and oxygen atoms in total. The first kappa shape index (κ1) is 5.58. The molecule has 6 atom stereocenters. The maximum absolute atomic E-state index is 6.33. The van der Waals surface area contributed by atoms with Gasteiger partial charge in [-0.15, -0.1) is 0 Å². The molecule has 11 heavy (non-hydrogen) atoms. The smallest absolute Gasteiger partial charge is 0.0162 e. The van der Waals surface area contributed by atoms with E-state index in [4.69, 9.17) is 5.73 Å². The van der Waals surface area contributed by atoms with Gasteiger partial charge in [0.05, 0.1) is 0 Å². The molecule has 0 aromatic heterocycles. The molecule has 0 aromatic carbocycles. The number of hydrogen-bond donors (Lipinski definition) is 1. The fourth-order valence-corrected chi connectivity index (χ4v) is 4.93. The molecule has 5 fully saturated rings. The van der Waals surface area contributed by atoms with E-state index in [1.54, 1.807) is 6.42 Å². The lowest BCUT2D eigenvalue weighted by Crippen LogP contribution is -2.50. The van der Waals surface area contributed by atoms with Gasteiger partial charge in [-0.3, -0.25) is 0 Å². The molecule has 1 heteroatoms. The van der Waals surface area contributed by atoms with Crippen LogP contribution in [0.5, 0.6) is 0 Å². The number of rotatable bonds is 0. The average Bonchev–Trinajstić information content (AvgIpc) is 2.51. The Bertz CT molecular complexity index is 217. The lowest BCUT2D eigenvalue weighted by atomic mass is 9.63. The van der Waals surface area contributed by atoms with E-state index in [2.05, 4.69) is 0 Å². The van der Waals surface area contributed by atoms with Crippen LogP contribution in [0.25, 0.3) is 0 Å². The average molecular weight is 149 g/mol. The van der Waals surface area contributed by atoms with Gasteiger partial charge in [-0.05, 0) is 55.3 Å². The van der Waals surface area contributed by atoms with Gasteiger partial charge in [0.15, 0.2) is 0 Å². The van der Waals surface area contributed by atoms with Crippen LogP contribution in [0.3, 0.4) is 0 Å². The Balaban J connectivity index is 1.87. The predicted molar refractivity (Wildman–Crippen MR) is 42.8 cm³/mol. The zero-order chi connectivity index (χ0) is 7.22. The van der Waals surface area contributed by atoms with Crippen molar-refractivity contribution < 1.29 is 0 Å². The summed E-state index contributed by atoms with van der Waals surface area (Å²) in [5.74, 6) is 5.58. The van der Waals surface area contributed by atoms with Crippen LogP contribution in [-0.4, -0.2) is 5.54 Å². The standard InChI is InChI=1S/C10H15N/c11-10-2-5-1-6(3-10)9-7(4-10)8(5)9/h5-9H,1-4,11H2/t5-,6+,7?,8-,9+,10?. The van der Waals surface area contributed by atoms with Gasteiger partial charge in [0, 0.05) is 5.54 Å². The molecule has 0 aromatic rings. The van der Waals surface area contributed by atoms with Gasteiger partial charge in [-0.1, -0.05) is 0 Å². The lowest BCUT2D eigenvalue weighted by molar-refractivity contribution is 0.0983. The van der Waals surface area contributed by atoms with Gasteiger partial charge < -0.3 is 5.73 Å². The van der Waals surface area contributed by atoms with Gasteiger partial charge in [-0.2, -0.15) is 0 Å². The summed E-state index contributed by atoms with van der Waals surface area (Å²) in [5, 5.41) is 0. The van der Waals surface area contributed by atoms with E-state index in [1.165, 1.54) is 31.1 Å². The van der Waals surface area contributed by atoms with Crippen LogP contribution in [0.15, 0.2) is 0 Å². The largest absolute Gasteiger partial charge is 0.325 e. The minimum Gasteiger partial charge on any atom is -0.325 e. The van der Waals surface area contributed by atoms with Crippen molar-refractivity contribution in [3.05, 3.63) is 0 Å². The molecule has 0 saturated heterocycles. The van der Waals surface area contributed by atoms with E-state index in [0.29, 0.717) is 5.54 Å². The molecule has 0 heterocycles. The molecule has 0 amide bonds. The topological polar surface area (TPSA) is 26.0 Å². The van der Waals surface area contributed by atoms with E-state index in [0.717, 1.165) is 17.8 Å². The van der Waals surface area contributed by atoms with E-state index in [-0.39, 0.29) is 0 Å². The Labute approximate surface area is 67.3 Å². The summed E-state index contributed by atoms with van der Waals surface area (Å²) < 4.78 is 0. The van der Waals surface area contributed by atoms with Crippen LogP contribution in [0.2, 0.25) is 0 Å². The molecule has 0 radical (unpaired) electrons. The van der Waals surface area contributed by atoms with Crippen molar-refractivity contribution in [3.63, 3.8) is 0 Å². The molecule has 0 aliphatic heterocycles. The maximum Gasteiger partial charge on any atom is 0.0162 e. The van der Waals surface area contributed by atoms with E-state index >= 15 is 0 Å².